The van der Waals surface area contributed by atoms with Crippen LogP contribution in [-0.2, 0) is 9.47 Å². The van der Waals surface area contributed by atoms with Gasteiger partial charge in [-0.15, -0.1) is 0 Å². The molecule has 0 radical (unpaired) electrons. The van der Waals surface area contributed by atoms with Gasteiger partial charge in [0, 0.05) is 12.5 Å². The summed E-state index contributed by atoms with van der Waals surface area (Å²) >= 11 is 0. The largest absolute Gasteiger partial charge is 0.375 e. The topological polar surface area (TPSA) is 18.5 Å². The van der Waals surface area contributed by atoms with Crippen molar-refractivity contribution in [2.24, 2.45) is 5.92 Å². The van der Waals surface area contributed by atoms with Crippen molar-refractivity contribution in [3.05, 3.63) is 0 Å². The van der Waals surface area contributed by atoms with Gasteiger partial charge in [0.1, 0.15) is 0 Å². The van der Waals surface area contributed by atoms with Gasteiger partial charge in [0.05, 0.1) is 18.8 Å². The summed E-state index contributed by atoms with van der Waals surface area (Å²) in [5.74, 6) is 0.623. The van der Waals surface area contributed by atoms with Gasteiger partial charge < -0.3 is 9.47 Å². The zero-order valence-corrected chi connectivity index (χ0v) is 5.67. The van der Waals surface area contributed by atoms with Gasteiger partial charge in [-0.1, -0.05) is 6.92 Å². The van der Waals surface area contributed by atoms with Crippen LogP contribution in [0.25, 0.3) is 0 Å². The predicted molar refractivity (Wildman–Crippen MR) is 33.3 cm³/mol. The molecule has 2 aliphatic heterocycles. The summed E-state index contributed by atoms with van der Waals surface area (Å²) in [5, 5.41) is 0. The first-order valence-corrected chi connectivity index (χ1v) is 3.61. The first kappa shape index (κ1) is 5.69. The van der Waals surface area contributed by atoms with Crippen LogP contribution in [0.4, 0.5) is 0 Å². The summed E-state index contributed by atoms with van der Waals surface area (Å²) in [5.41, 5.74) is 0. The van der Waals surface area contributed by atoms with E-state index < -0.39 is 0 Å². The number of hydrogen-bond acceptors (Lipinski definition) is 2. The van der Waals surface area contributed by atoms with Gasteiger partial charge in [-0.05, 0) is 6.42 Å². The Morgan fingerprint density at radius 3 is 3.00 bits per heavy atom. The second-order valence-electron chi connectivity index (χ2n) is 2.97. The molecule has 0 N–H and O–H groups in total. The van der Waals surface area contributed by atoms with Crippen molar-refractivity contribution in [3.8, 4) is 0 Å². The maximum absolute atomic E-state index is 5.46. The summed E-state index contributed by atoms with van der Waals surface area (Å²) in [6, 6.07) is 0. The van der Waals surface area contributed by atoms with Crippen molar-refractivity contribution in [1.29, 1.82) is 0 Å². The van der Waals surface area contributed by atoms with Crippen molar-refractivity contribution in [2.75, 3.05) is 13.2 Å². The van der Waals surface area contributed by atoms with Crippen LogP contribution in [0.2, 0.25) is 0 Å². The minimum Gasteiger partial charge on any atom is -0.375 e. The molecule has 2 fully saturated rings. The second kappa shape index (κ2) is 1.96. The van der Waals surface area contributed by atoms with Gasteiger partial charge in [-0.25, -0.2) is 0 Å². The monoisotopic (exact) mass is 128 g/mol. The molecule has 0 bridgehead atoms. The average Bonchev–Trinajstić information content (AvgIpc) is 2.35. The molecule has 0 aromatic rings. The van der Waals surface area contributed by atoms with Crippen LogP contribution in [0, 0.1) is 5.92 Å². The molecular weight excluding hydrogens is 116 g/mol. The standard InChI is InChI=1S/C7H12O2/c1-5-4-9-6-2-3-8-7(5)6/h5-7H,2-4H2,1H3/t5-,6?,7+/m0/s1. The third kappa shape index (κ3) is 0.775. The van der Waals surface area contributed by atoms with Crippen molar-refractivity contribution in [3.63, 3.8) is 0 Å². The predicted octanol–water partition coefficient (Wildman–Crippen LogP) is 0.810. The van der Waals surface area contributed by atoms with Gasteiger partial charge >= 0.3 is 0 Å². The molecule has 0 saturated carbocycles. The van der Waals surface area contributed by atoms with Crippen LogP contribution < -0.4 is 0 Å². The molecule has 0 aliphatic carbocycles. The third-order valence-electron chi connectivity index (χ3n) is 2.21. The zero-order chi connectivity index (χ0) is 6.27. The molecule has 0 aromatic carbocycles. The lowest BCUT2D eigenvalue weighted by Gasteiger charge is -2.08. The summed E-state index contributed by atoms with van der Waals surface area (Å²) in [6.07, 6.45) is 1.96. The van der Waals surface area contributed by atoms with E-state index in [9.17, 15) is 0 Å². The van der Waals surface area contributed by atoms with Gasteiger partial charge in [-0.2, -0.15) is 0 Å². The van der Waals surface area contributed by atoms with Crippen LogP contribution >= 0.6 is 0 Å². The Hall–Kier alpha value is -0.0800. The van der Waals surface area contributed by atoms with Crippen molar-refractivity contribution in [2.45, 2.75) is 25.6 Å². The van der Waals surface area contributed by atoms with Gasteiger partial charge in [-0.3, -0.25) is 0 Å². The third-order valence-corrected chi connectivity index (χ3v) is 2.21. The zero-order valence-electron chi connectivity index (χ0n) is 5.67. The lowest BCUT2D eigenvalue weighted by atomic mass is 10.1. The first-order valence-electron chi connectivity index (χ1n) is 3.61. The highest BCUT2D eigenvalue weighted by molar-refractivity contribution is 4.86. The van der Waals surface area contributed by atoms with Gasteiger partial charge in [0.25, 0.3) is 0 Å². The average molecular weight is 128 g/mol. The molecule has 0 spiro atoms. The smallest absolute Gasteiger partial charge is 0.0884 e. The van der Waals surface area contributed by atoms with E-state index in [1.54, 1.807) is 0 Å². The highest BCUT2D eigenvalue weighted by atomic mass is 16.6. The van der Waals surface area contributed by atoms with E-state index in [2.05, 4.69) is 6.92 Å². The number of hydrogen-bond donors (Lipinski definition) is 0. The first-order chi connectivity index (χ1) is 4.38. The maximum atomic E-state index is 5.46. The van der Waals surface area contributed by atoms with Gasteiger partial charge in [0.15, 0.2) is 0 Å². The normalized spacial score (nSPS) is 49.7. The van der Waals surface area contributed by atoms with Crippen LogP contribution in [0.3, 0.4) is 0 Å². The minimum atomic E-state index is 0.421. The Morgan fingerprint density at radius 2 is 2.22 bits per heavy atom. The quantitative estimate of drug-likeness (QED) is 0.480. The Kier molecular flexibility index (Phi) is 1.24. The second-order valence-corrected chi connectivity index (χ2v) is 2.97. The molecule has 9 heavy (non-hydrogen) atoms. The SMILES string of the molecule is C[C@H]1COC2CCO[C@@H]21. The molecule has 0 aromatic heterocycles. The Balaban J connectivity index is 2.07. The molecule has 1 unspecified atom stereocenters. The molecule has 2 saturated heterocycles. The van der Waals surface area contributed by atoms with E-state index in [0.29, 0.717) is 18.1 Å². The van der Waals surface area contributed by atoms with Crippen molar-refractivity contribution in [1.82, 2.24) is 0 Å². The van der Waals surface area contributed by atoms with Crippen LogP contribution in [0.5, 0.6) is 0 Å². The Labute approximate surface area is 55.1 Å². The molecule has 2 rings (SSSR count). The summed E-state index contributed by atoms with van der Waals surface area (Å²) < 4.78 is 10.9. The number of fused-ring (bicyclic) bond motifs is 1. The van der Waals surface area contributed by atoms with E-state index in [4.69, 9.17) is 9.47 Å². The minimum absolute atomic E-state index is 0.421. The maximum Gasteiger partial charge on any atom is 0.0884 e. The summed E-state index contributed by atoms with van der Waals surface area (Å²) in [4.78, 5) is 0. The van der Waals surface area contributed by atoms with Crippen LogP contribution in [0.1, 0.15) is 13.3 Å². The Morgan fingerprint density at radius 1 is 1.33 bits per heavy atom. The van der Waals surface area contributed by atoms with Crippen LogP contribution in [0.15, 0.2) is 0 Å². The van der Waals surface area contributed by atoms with E-state index in [1.807, 2.05) is 0 Å². The number of rotatable bonds is 0. The van der Waals surface area contributed by atoms with E-state index in [-0.39, 0.29) is 0 Å². The highest BCUT2D eigenvalue weighted by Gasteiger charge is 2.38. The summed E-state index contributed by atoms with van der Waals surface area (Å²) in [7, 11) is 0. The van der Waals surface area contributed by atoms with E-state index in [0.717, 1.165) is 19.6 Å². The van der Waals surface area contributed by atoms with E-state index in [1.165, 1.54) is 0 Å². The number of ether oxygens (including phenoxy) is 2. The molecule has 52 valence electrons. The molecule has 2 nitrogen and oxygen atoms in total. The lowest BCUT2D eigenvalue weighted by molar-refractivity contribution is 0.0658. The molecular formula is C7H12O2. The van der Waals surface area contributed by atoms with Crippen molar-refractivity contribution >= 4 is 0 Å². The fraction of sp³-hybridized carbons (Fsp3) is 1.00. The van der Waals surface area contributed by atoms with Gasteiger partial charge in [0.2, 0.25) is 0 Å². The fourth-order valence-electron chi connectivity index (χ4n) is 1.67. The molecule has 2 aliphatic rings. The Bertz CT molecular complexity index is 113. The molecule has 3 atom stereocenters. The fourth-order valence-corrected chi connectivity index (χ4v) is 1.67. The van der Waals surface area contributed by atoms with Crippen molar-refractivity contribution < 1.29 is 9.47 Å². The van der Waals surface area contributed by atoms with E-state index >= 15 is 0 Å². The molecule has 0 amide bonds. The summed E-state index contributed by atoms with van der Waals surface area (Å²) in [6.45, 7) is 3.99. The lowest BCUT2D eigenvalue weighted by Crippen LogP contribution is -2.19. The molecule has 2 heteroatoms. The molecule has 2 heterocycles. The highest BCUT2D eigenvalue weighted by Crippen LogP contribution is 2.29. The van der Waals surface area contributed by atoms with Crippen LogP contribution in [-0.4, -0.2) is 25.4 Å².